The number of nitrogens with zero attached hydrogens (tertiary/aromatic N) is 1. The first-order valence-corrected chi connectivity index (χ1v) is 8.98. The van der Waals surface area contributed by atoms with Gasteiger partial charge in [-0.3, -0.25) is 4.79 Å². The Kier molecular flexibility index (Phi) is 6.10. The fourth-order valence-electron chi connectivity index (χ4n) is 3.31. The second-order valence-electron chi connectivity index (χ2n) is 6.50. The average Bonchev–Trinajstić information content (AvgIpc) is 2.69. The van der Waals surface area contributed by atoms with Crippen molar-refractivity contribution in [1.82, 2.24) is 4.90 Å². The van der Waals surface area contributed by atoms with E-state index in [2.05, 4.69) is 0 Å². The number of carbonyl (C=O) groups is 1. The minimum atomic E-state index is -0.329. The number of para-hydroxylation sites is 2. The Hall–Kier alpha value is -2.56. The zero-order chi connectivity index (χ0) is 18.4. The molecule has 0 aromatic heterocycles. The van der Waals surface area contributed by atoms with E-state index in [1.54, 1.807) is 37.4 Å². The number of hydrogen-bond acceptors (Lipinski definition) is 3. The van der Waals surface area contributed by atoms with E-state index in [1.165, 1.54) is 6.07 Å². The van der Waals surface area contributed by atoms with E-state index < -0.39 is 0 Å². The minimum absolute atomic E-state index is 0.0171. The minimum Gasteiger partial charge on any atom is -0.496 e. The quantitative estimate of drug-likeness (QED) is 0.779. The third-order valence-corrected chi connectivity index (χ3v) is 4.86. The van der Waals surface area contributed by atoms with Crippen LogP contribution in [0.1, 0.15) is 29.6 Å². The zero-order valence-corrected chi connectivity index (χ0v) is 15.0. The molecular formula is C21H24FNO3. The summed E-state index contributed by atoms with van der Waals surface area (Å²) in [4.78, 5) is 14.6. The highest BCUT2D eigenvalue weighted by Gasteiger charge is 2.25. The van der Waals surface area contributed by atoms with Crippen molar-refractivity contribution < 1.29 is 18.7 Å². The van der Waals surface area contributed by atoms with Crippen LogP contribution in [0.3, 0.4) is 0 Å². The number of amides is 1. The highest BCUT2D eigenvalue weighted by molar-refractivity contribution is 5.97. The van der Waals surface area contributed by atoms with Crippen LogP contribution in [0.25, 0.3) is 0 Å². The molecule has 2 aromatic rings. The molecule has 1 heterocycles. The Balaban J connectivity index is 1.47. The van der Waals surface area contributed by atoms with Crippen LogP contribution in [-0.4, -0.2) is 37.6 Å². The van der Waals surface area contributed by atoms with Gasteiger partial charge in [0.05, 0.1) is 19.3 Å². The van der Waals surface area contributed by atoms with Crippen LogP contribution in [0.2, 0.25) is 0 Å². The fourth-order valence-corrected chi connectivity index (χ4v) is 3.31. The number of halogens is 1. The number of rotatable bonds is 6. The number of piperidine rings is 1. The van der Waals surface area contributed by atoms with Crippen molar-refractivity contribution in [3.8, 4) is 11.5 Å². The summed E-state index contributed by atoms with van der Waals surface area (Å²) in [6.45, 7) is 1.94. The maximum atomic E-state index is 13.5. The molecule has 0 spiro atoms. The van der Waals surface area contributed by atoms with Gasteiger partial charge < -0.3 is 14.4 Å². The van der Waals surface area contributed by atoms with E-state index in [4.69, 9.17) is 9.47 Å². The summed E-state index contributed by atoms with van der Waals surface area (Å²) in [5, 5.41) is 0. The molecule has 1 aliphatic heterocycles. The molecule has 1 amide bonds. The van der Waals surface area contributed by atoms with Gasteiger partial charge in [-0.05, 0) is 49.4 Å². The smallest absolute Gasteiger partial charge is 0.257 e. The zero-order valence-electron chi connectivity index (χ0n) is 15.0. The van der Waals surface area contributed by atoms with Gasteiger partial charge in [-0.15, -0.1) is 0 Å². The monoisotopic (exact) mass is 357 g/mol. The van der Waals surface area contributed by atoms with Crippen LogP contribution < -0.4 is 9.47 Å². The predicted octanol–water partition coefficient (Wildman–Crippen LogP) is 4.16. The van der Waals surface area contributed by atoms with Gasteiger partial charge in [0.2, 0.25) is 0 Å². The van der Waals surface area contributed by atoms with Gasteiger partial charge in [-0.25, -0.2) is 4.39 Å². The topological polar surface area (TPSA) is 38.8 Å². The lowest BCUT2D eigenvalue weighted by Crippen LogP contribution is -2.38. The molecule has 5 heteroatoms. The molecule has 0 aliphatic carbocycles. The molecule has 1 saturated heterocycles. The summed E-state index contributed by atoms with van der Waals surface area (Å²) in [5.74, 6) is 1.09. The van der Waals surface area contributed by atoms with Crippen molar-refractivity contribution in [3.63, 3.8) is 0 Å². The van der Waals surface area contributed by atoms with Gasteiger partial charge >= 0.3 is 0 Å². The maximum Gasteiger partial charge on any atom is 0.257 e. The van der Waals surface area contributed by atoms with Crippen molar-refractivity contribution in [2.45, 2.75) is 19.3 Å². The van der Waals surface area contributed by atoms with Gasteiger partial charge in [0.25, 0.3) is 5.91 Å². The van der Waals surface area contributed by atoms with Crippen LogP contribution >= 0.6 is 0 Å². The molecule has 0 atom stereocenters. The number of benzene rings is 2. The number of carbonyl (C=O) groups excluding carboxylic acids is 1. The normalized spacial score (nSPS) is 14.9. The van der Waals surface area contributed by atoms with Crippen LogP contribution in [0.15, 0.2) is 48.5 Å². The Labute approximate surface area is 153 Å². The Morgan fingerprint density at radius 1 is 1.08 bits per heavy atom. The van der Waals surface area contributed by atoms with E-state index >= 15 is 0 Å². The largest absolute Gasteiger partial charge is 0.496 e. The average molecular weight is 357 g/mol. The lowest BCUT2D eigenvalue weighted by molar-refractivity contribution is 0.0676. The molecule has 2 aromatic carbocycles. The summed E-state index contributed by atoms with van der Waals surface area (Å²) < 4.78 is 24.4. The summed E-state index contributed by atoms with van der Waals surface area (Å²) >= 11 is 0. The first-order chi connectivity index (χ1) is 12.7. The Morgan fingerprint density at radius 2 is 1.73 bits per heavy atom. The number of ether oxygens (including phenoxy) is 2. The highest BCUT2D eigenvalue weighted by Crippen LogP contribution is 2.25. The third kappa shape index (κ3) is 4.34. The molecule has 1 aliphatic rings. The predicted molar refractivity (Wildman–Crippen MR) is 98.1 cm³/mol. The maximum absolute atomic E-state index is 13.5. The van der Waals surface area contributed by atoms with Gasteiger partial charge in [0.1, 0.15) is 5.75 Å². The van der Waals surface area contributed by atoms with Crippen molar-refractivity contribution in [1.29, 1.82) is 0 Å². The molecule has 0 unspecified atom stereocenters. The van der Waals surface area contributed by atoms with Crippen LogP contribution in [0.5, 0.6) is 11.5 Å². The second kappa shape index (κ2) is 8.70. The summed E-state index contributed by atoms with van der Waals surface area (Å²) in [6.07, 6.45) is 2.73. The summed E-state index contributed by atoms with van der Waals surface area (Å²) in [6, 6.07) is 13.8. The molecule has 1 fully saturated rings. The molecule has 4 nitrogen and oxygen atoms in total. The molecule has 0 saturated carbocycles. The molecule has 0 bridgehead atoms. The second-order valence-corrected chi connectivity index (χ2v) is 6.50. The van der Waals surface area contributed by atoms with Crippen LogP contribution in [0, 0.1) is 11.7 Å². The standard InChI is InChI=1S/C21H24FNO3/c1-25-19-8-4-2-6-17(19)21(24)23-13-10-16(11-14-23)12-15-26-20-9-5-3-7-18(20)22/h2-9,16H,10-15H2,1H3. The number of hydrogen-bond donors (Lipinski definition) is 0. The summed E-state index contributed by atoms with van der Waals surface area (Å²) in [5.41, 5.74) is 0.608. The molecule has 0 N–H and O–H groups in total. The van der Waals surface area contributed by atoms with Crippen LogP contribution in [-0.2, 0) is 0 Å². The molecular weight excluding hydrogens is 333 g/mol. The van der Waals surface area contributed by atoms with E-state index in [0.29, 0.717) is 29.6 Å². The van der Waals surface area contributed by atoms with E-state index in [1.807, 2.05) is 17.0 Å². The molecule has 138 valence electrons. The van der Waals surface area contributed by atoms with Gasteiger partial charge in [0.15, 0.2) is 11.6 Å². The Morgan fingerprint density at radius 3 is 2.42 bits per heavy atom. The third-order valence-electron chi connectivity index (χ3n) is 4.86. The van der Waals surface area contributed by atoms with Gasteiger partial charge in [0, 0.05) is 13.1 Å². The first-order valence-electron chi connectivity index (χ1n) is 8.98. The number of likely N-dealkylation sites (tertiary alicyclic amines) is 1. The van der Waals surface area contributed by atoms with Gasteiger partial charge in [-0.1, -0.05) is 24.3 Å². The van der Waals surface area contributed by atoms with Crippen molar-refractivity contribution >= 4 is 5.91 Å². The number of methoxy groups -OCH3 is 1. The van der Waals surface area contributed by atoms with E-state index in [0.717, 1.165) is 32.4 Å². The van der Waals surface area contributed by atoms with Crippen molar-refractivity contribution in [2.75, 3.05) is 26.8 Å². The highest BCUT2D eigenvalue weighted by atomic mass is 19.1. The molecule has 26 heavy (non-hydrogen) atoms. The Bertz CT molecular complexity index is 742. The van der Waals surface area contributed by atoms with E-state index in [9.17, 15) is 9.18 Å². The fraction of sp³-hybridized carbons (Fsp3) is 0.381. The van der Waals surface area contributed by atoms with Gasteiger partial charge in [-0.2, -0.15) is 0 Å². The van der Waals surface area contributed by atoms with Crippen molar-refractivity contribution in [2.24, 2.45) is 5.92 Å². The van der Waals surface area contributed by atoms with E-state index in [-0.39, 0.29) is 11.7 Å². The lowest BCUT2D eigenvalue weighted by Gasteiger charge is -2.32. The molecule has 3 rings (SSSR count). The van der Waals surface area contributed by atoms with Crippen LogP contribution in [0.4, 0.5) is 4.39 Å². The molecule has 0 radical (unpaired) electrons. The van der Waals surface area contributed by atoms with Crippen molar-refractivity contribution in [3.05, 3.63) is 59.9 Å². The SMILES string of the molecule is COc1ccccc1C(=O)N1CCC(CCOc2ccccc2F)CC1. The lowest BCUT2D eigenvalue weighted by atomic mass is 9.93. The summed E-state index contributed by atoms with van der Waals surface area (Å²) in [7, 11) is 1.58. The first kappa shape index (κ1) is 18.2.